The van der Waals surface area contributed by atoms with Crippen LogP contribution in [0.5, 0.6) is 5.75 Å². The Hall–Kier alpha value is -1.80. The summed E-state index contributed by atoms with van der Waals surface area (Å²) >= 11 is 0. The van der Waals surface area contributed by atoms with Gasteiger partial charge in [0.05, 0.1) is 6.61 Å². The lowest BCUT2D eigenvalue weighted by molar-refractivity contribution is 0.129. The van der Waals surface area contributed by atoms with Gasteiger partial charge in [0, 0.05) is 12.6 Å². The monoisotopic (exact) mass is 339 g/mol. The van der Waals surface area contributed by atoms with Gasteiger partial charge in [0.25, 0.3) is 0 Å². The van der Waals surface area contributed by atoms with E-state index in [1.54, 1.807) is 0 Å². The molecule has 2 heteroatoms. The third kappa shape index (κ3) is 5.89. The smallest absolute Gasteiger partial charge is 0.122 e. The Bertz CT molecular complexity index is 625. The van der Waals surface area contributed by atoms with Crippen LogP contribution in [0.1, 0.15) is 31.9 Å². The Balaban J connectivity index is 1.81. The zero-order valence-corrected chi connectivity index (χ0v) is 16.4. The van der Waals surface area contributed by atoms with Gasteiger partial charge in [-0.1, -0.05) is 62.4 Å². The number of benzene rings is 2. The minimum Gasteiger partial charge on any atom is -0.493 e. The highest BCUT2D eigenvalue weighted by atomic mass is 16.5. The molecule has 3 unspecified atom stereocenters. The van der Waals surface area contributed by atoms with E-state index in [0.29, 0.717) is 17.9 Å². The quantitative estimate of drug-likeness (QED) is 0.622. The van der Waals surface area contributed by atoms with Gasteiger partial charge in [-0.3, -0.25) is 0 Å². The second-order valence-corrected chi connectivity index (χ2v) is 7.37. The van der Waals surface area contributed by atoms with Crippen molar-refractivity contribution in [1.29, 1.82) is 0 Å². The summed E-state index contributed by atoms with van der Waals surface area (Å²) in [6.45, 7) is 10.9. The molecule has 0 aliphatic rings. The van der Waals surface area contributed by atoms with E-state index in [-0.39, 0.29) is 0 Å². The van der Waals surface area contributed by atoms with Gasteiger partial charge in [0.15, 0.2) is 0 Å². The van der Waals surface area contributed by atoms with Crippen molar-refractivity contribution >= 4 is 0 Å². The lowest BCUT2D eigenvalue weighted by Crippen LogP contribution is -2.39. The van der Waals surface area contributed by atoms with Gasteiger partial charge in [-0.05, 0) is 56.3 Å². The van der Waals surface area contributed by atoms with Crippen molar-refractivity contribution in [2.75, 3.05) is 20.2 Å². The fraction of sp³-hybridized carbons (Fsp3) is 0.478. The third-order valence-corrected chi connectivity index (χ3v) is 5.55. The molecule has 0 saturated carbocycles. The first-order valence-electron chi connectivity index (χ1n) is 9.41. The van der Waals surface area contributed by atoms with Gasteiger partial charge in [-0.25, -0.2) is 0 Å². The molecule has 0 amide bonds. The molecule has 2 aromatic carbocycles. The summed E-state index contributed by atoms with van der Waals surface area (Å²) < 4.78 is 6.06. The molecule has 25 heavy (non-hydrogen) atoms. The van der Waals surface area contributed by atoms with E-state index in [4.69, 9.17) is 4.74 Å². The first kappa shape index (κ1) is 19.5. The molecule has 0 fully saturated rings. The molecule has 0 spiro atoms. The van der Waals surface area contributed by atoms with Crippen molar-refractivity contribution in [3.8, 4) is 5.75 Å². The van der Waals surface area contributed by atoms with E-state index in [9.17, 15) is 0 Å². The molecule has 2 rings (SSSR count). The fourth-order valence-corrected chi connectivity index (χ4v) is 3.12. The van der Waals surface area contributed by atoms with Crippen molar-refractivity contribution in [1.82, 2.24) is 4.90 Å². The van der Waals surface area contributed by atoms with Crippen LogP contribution in [0.25, 0.3) is 0 Å². The van der Waals surface area contributed by atoms with Crippen molar-refractivity contribution in [2.24, 2.45) is 11.8 Å². The van der Waals surface area contributed by atoms with Crippen molar-refractivity contribution in [2.45, 2.75) is 40.2 Å². The summed E-state index contributed by atoms with van der Waals surface area (Å²) in [6, 6.07) is 19.5. The molecule has 3 atom stereocenters. The number of hydrogen-bond donors (Lipinski definition) is 0. The van der Waals surface area contributed by atoms with Crippen LogP contribution in [0.4, 0.5) is 0 Å². The maximum Gasteiger partial charge on any atom is 0.122 e. The van der Waals surface area contributed by atoms with Gasteiger partial charge < -0.3 is 9.64 Å². The van der Waals surface area contributed by atoms with Crippen LogP contribution in [0, 0.1) is 18.8 Å². The number of hydrogen-bond acceptors (Lipinski definition) is 2. The normalized spacial score (nSPS) is 15.0. The number of likely N-dealkylation sites (N-methyl/N-ethyl adjacent to an activating group) is 1. The summed E-state index contributed by atoms with van der Waals surface area (Å²) in [5.41, 5.74) is 2.61. The summed E-state index contributed by atoms with van der Waals surface area (Å²) in [5, 5.41) is 0. The summed E-state index contributed by atoms with van der Waals surface area (Å²) in [7, 11) is 2.24. The molecule has 0 aliphatic carbocycles. The Morgan fingerprint density at radius 1 is 0.920 bits per heavy atom. The second kappa shape index (κ2) is 9.62. The standard InChI is InChI=1S/C23H33NO/c1-18-11-9-10-14-23(18)25-17-19(2)20(3)21(4)24(5)16-15-22-12-7-6-8-13-22/h6-14,19-21H,15-17H2,1-5H3. The van der Waals surface area contributed by atoms with Crippen molar-refractivity contribution in [3.63, 3.8) is 0 Å². The Morgan fingerprint density at radius 2 is 1.56 bits per heavy atom. The zero-order valence-electron chi connectivity index (χ0n) is 16.4. The number of ether oxygens (including phenoxy) is 1. The maximum absolute atomic E-state index is 6.06. The summed E-state index contributed by atoms with van der Waals surface area (Å²) in [4.78, 5) is 2.47. The van der Waals surface area contributed by atoms with E-state index >= 15 is 0 Å². The molecule has 0 saturated heterocycles. The van der Waals surface area contributed by atoms with E-state index in [1.165, 1.54) is 11.1 Å². The minimum absolute atomic E-state index is 0.508. The zero-order chi connectivity index (χ0) is 18.2. The highest BCUT2D eigenvalue weighted by molar-refractivity contribution is 5.31. The molecule has 0 aliphatic heterocycles. The molecule has 0 radical (unpaired) electrons. The first-order valence-corrected chi connectivity index (χ1v) is 9.41. The fourth-order valence-electron chi connectivity index (χ4n) is 3.12. The van der Waals surface area contributed by atoms with E-state index in [1.807, 2.05) is 6.07 Å². The molecule has 0 heterocycles. The van der Waals surface area contributed by atoms with Gasteiger partial charge in [0.1, 0.15) is 5.75 Å². The van der Waals surface area contributed by atoms with Crippen LogP contribution in [0.2, 0.25) is 0 Å². The number of nitrogens with zero attached hydrogens (tertiary/aromatic N) is 1. The molecule has 0 N–H and O–H groups in total. The largest absolute Gasteiger partial charge is 0.493 e. The summed E-state index contributed by atoms with van der Waals surface area (Å²) in [5.74, 6) is 2.09. The minimum atomic E-state index is 0.508. The predicted octanol–water partition coefficient (Wildman–Crippen LogP) is 5.21. The van der Waals surface area contributed by atoms with Gasteiger partial charge in [0.2, 0.25) is 0 Å². The van der Waals surface area contributed by atoms with E-state index < -0.39 is 0 Å². The highest BCUT2D eigenvalue weighted by Crippen LogP contribution is 2.22. The first-order chi connectivity index (χ1) is 12.0. The third-order valence-electron chi connectivity index (χ3n) is 5.55. The van der Waals surface area contributed by atoms with E-state index in [0.717, 1.165) is 25.3 Å². The average Bonchev–Trinajstić information content (AvgIpc) is 2.64. The van der Waals surface area contributed by atoms with E-state index in [2.05, 4.69) is 88.2 Å². The molecular formula is C23H33NO. The van der Waals surface area contributed by atoms with Crippen LogP contribution >= 0.6 is 0 Å². The average molecular weight is 340 g/mol. The van der Waals surface area contributed by atoms with Crippen molar-refractivity contribution < 1.29 is 4.74 Å². The second-order valence-electron chi connectivity index (χ2n) is 7.37. The lowest BCUT2D eigenvalue weighted by Gasteiger charge is -2.33. The molecular weight excluding hydrogens is 306 g/mol. The van der Waals surface area contributed by atoms with Crippen LogP contribution in [-0.4, -0.2) is 31.1 Å². The van der Waals surface area contributed by atoms with Gasteiger partial charge in [-0.15, -0.1) is 0 Å². The highest BCUT2D eigenvalue weighted by Gasteiger charge is 2.23. The Morgan fingerprint density at radius 3 is 2.24 bits per heavy atom. The summed E-state index contributed by atoms with van der Waals surface area (Å²) in [6.07, 6.45) is 1.10. The lowest BCUT2D eigenvalue weighted by atomic mass is 9.89. The number of para-hydroxylation sites is 1. The number of aryl methyl sites for hydroxylation is 1. The van der Waals surface area contributed by atoms with Crippen molar-refractivity contribution in [3.05, 3.63) is 65.7 Å². The number of rotatable bonds is 9. The molecule has 2 aromatic rings. The van der Waals surface area contributed by atoms with Crippen LogP contribution in [0.3, 0.4) is 0 Å². The van der Waals surface area contributed by atoms with Gasteiger partial charge >= 0.3 is 0 Å². The van der Waals surface area contributed by atoms with Crippen LogP contribution in [-0.2, 0) is 6.42 Å². The van der Waals surface area contributed by atoms with Crippen LogP contribution < -0.4 is 4.74 Å². The molecule has 2 nitrogen and oxygen atoms in total. The van der Waals surface area contributed by atoms with Crippen LogP contribution in [0.15, 0.2) is 54.6 Å². The SMILES string of the molecule is Cc1ccccc1OCC(C)C(C)C(C)N(C)CCc1ccccc1. The maximum atomic E-state index is 6.06. The molecule has 0 aromatic heterocycles. The van der Waals surface area contributed by atoms with Gasteiger partial charge in [-0.2, -0.15) is 0 Å². The Labute approximate surface area is 153 Å². The molecule has 0 bridgehead atoms. The topological polar surface area (TPSA) is 12.5 Å². The Kier molecular flexibility index (Phi) is 7.52. The molecule has 136 valence electrons. The predicted molar refractivity (Wildman–Crippen MR) is 107 cm³/mol.